The fraction of sp³-hybridized carbons (Fsp3) is 0.250. The first-order chi connectivity index (χ1) is 17.2. The van der Waals surface area contributed by atoms with Gasteiger partial charge in [-0.25, -0.2) is 4.68 Å². The van der Waals surface area contributed by atoms with Crippen molar-refractivity contribution in [3.8, 4) is 11.5 Å². The van der Waals surface area contributed by atoms with Crippen molar-refractivity contribution in [1.82, 2.24) is 20.1 Å². The average molecular weight is 518 g/mol. The molecule has 1 amide bonds. The number of ether oxygens (including phenoxy) is 2. The second kappa shape index (κ2) is 8.37. The van der Waals surface area contributed by atoms with Gasteiger partial charge in [0.2, 0.25) is 6.79 Å². The summed E-state index contributed by atoms with van der Waals surface area (Å²) in [5.74, 6) is 0.549. The summed E-state index contributed by atoms with van der Waals surface area (Å²) in [7, 11) is 0. The lowest BCUT2D eigenvalue weighted by molar-refractivity contribution is -0.173. The standard InChI is InChI=1S/C24H19ClF3N5O3/c25-14-2-3-16-13(5-14)6-15(30-16)10-29-23(34)18-9-22-31-17(8-21(24(26,27)28)33(22)32-18)12-1-4-19-20(7-12)36-11-35-19/h1-7,9,17,21,30-31H,8,10-11H2,(H,29,34)/t17-,21+/m1/s1. The quantitative estimate of drug-likeness (QED) is 0.340. The molecule has 2 atom stereocenters. The van der Waals surface area contributed by atoms with Gasteiger partial charge in [-0.2, -0.15) is 18.3 Å². The van der Waals surface area contributed by atoms with E-state index >= 15 is 0 Å². The number of carbonyl (C=O) groups is 1. The number of halogens is 4. The van der Waals surface area contributed by atoms with Gasteiger partial charge in [0.1, 0.15) is 5.82 Å². The summed E-state index contributed by atoms with van der Waals surface area (Å²) in [5, 5.41) is 11.3. The van der Waals surface area contributed by atoms with E-state index in [-0.39, 0.29) is 31.3 Å². The van der Waals surface area contributed by atoms with E-state index in [4.69, 9.17) is 21.1 Å². The zero-order valence-electron chi connectivity index (χ0n) is 18.5. The van der Waals surface area contributed by atoms with Crippen LogP contribution in [0.25, 0.3) is 10.9 Å². The van der Waals surface area contributed by atoms with Crippen molar-refractivity contribution in [2.45, 2.75) is 31.2 Å². The Labute approximate surface area is 207 Å². The molecule has 0 saturated carbocycles. The lowest BCUT2D eigenvalue weighted by atomic mass is 9.96. The predicted molar refractivity (Wildman–Crippen MR) is 125 cm³/mol. The number of fused-ring (bicyclic) bond motifs is 3. The van der Waals surface area contributed by atoms with Crippen LogP contribution in [0.2, 0.25) is 5.02 Å². The van der Waals surface area contributed by atoms with Crippen molar-refractivity contribution in [3.05, 3.63) is 70.5 Å². The first-order valence-electron chi connectivity index (χ1n) is 11.1. The van der Waals surface area contributed by atoms with E-state index in [2.05, 4.69) is 20.7 Å². The molecule has 0 spiro atoms. The maximum absolute atomic E-state index is 14.0. The zero-order valence-corrected chi connectivity index (χ0v) is 19.3. The third-order valence-electron chi connectivity index (χ3n) is 6.30. The van der Waals surface area contributed by atoms with E-state index < -0.39 is 24.2 Å². The molecular formula is C24H19ClF3N5O3. The number of benzene rings is 2. The fourth-order valence-corrected chi connectivity index (χ4v) is 4.74. The van der Waals surface area contributed by atoms with E-state index in [0.29, 0.717) is 22.1 Å². The molecule has 0 saturated heterocycles. The van der Waals surface area contributed by atoms with E-state index in [0.717, 1.165) is 21.3 Å². The highest BCUT2D eigenvalue weighted by molar-refractivity contribution is 6.31. The Bertz CT molecular complexity index is 1480. The number of anilines is 1. The van der Waals surface area contributed by atoms with E-state index in [1.807, 2.05) is 12.1 Å². The smallest absolute Gasteiger partial charge is 0.410 e. The molecule has 3 N–H and O–H groups in total. The molecule has 2 aromatic carbocycles. The highest BCUT2D eigenvalue weighted by atomic mass is 35.5. The van der Waals surface area contributed by atoms with Gasteiger partial charge < -0.3 is 25.1 Å². The summed E-state index contributed by atoms with van der Waals surface area (Å²) in [5.41, 5.74) is 2.08. The first kappa shape index (κ1) is 22.6. The Balaban J connectivity index is 1.23. The van der Waals surface area contributed by atoms with E-state index in [9.17, 15) is 18.0 Å². The second-order valence-electron chi connectivity index (χ2n) is 8.67. The molecule has 0 bridgehead atoms. The summed E-state index contributed by atoms with van der Waals surface area (Å²) in [6.45, 7) is 0.211. The summed E-state index contributed by atoms with van der Waals surface area (Å²) in [4.78, 5) is 15.9. The number of hydrogen-bond acceptors (Lipinski definition) is 5. The molecule has 2 aliphatic heterocycles. The van der Waals surface area contributed by atoms with Crippen LogP contribution >= 0.6 is 11.6 Å². The molecular weight excluding hydrogens is 499 g/mol. The van der Waals surface area contributed by atoms with Crippen molar-refractivity contribution in [2.75, 3.05) is 12.1 Å². The lowest BCUT2D eigenvalue weighted by Crippen LogP contribution is -2.35. The Hall–Kier alpha value is -3.86. The largest absolute Gasteiger partial charge is 0.454 e. The van der Waals surface area contributed by atoms with Gasteiger partial charge in [0.15, 0.2) is 23.2 Å². The number of amides is 1. The third-order valence-corrected chi connectivity index (χ3v) is 6.53. The van der Waals surface area contributed by atoms with Gasteiger partial charge in [-0.1, -0.05) is 17.7 Å². The Morgan fingerprint density at radius 1 is 1.14 bits per heavy atom. The normalized spacial score (nSPS) is 18.7. The van der Waals surface area contributed by atoms with Crippen molar-refractivity contribution in [3.63, 3.8) is 0 Å². The Morgan fingerprint density at radius 3 is 2.81 bits per heavy atom. The minimum absolute atomic E-state index is 0.0690. The number of hydrogen-bond donors (Lipinski definition) is 3. The number of nitrogens with zero attached hydrogens (tertiary/aromatic N) is 2. The van der Waals surface area contributed by atoms with Gasteiger partial charge in [0, 0.05) is 34.1 Å². The van der Waals surface area contributed by atoms with Crippen LogP contribution < -0.4 is 20.1 Å². The van der Waals surface area contributed by atoms with Crippen LogP contribution in [0, 0.1) is 0 Å². The fourth-order valence-electron chi connectivity index (χ4n) is 4.56. The third kappa shape index (κ3) is 4.09. The monoisotopic (exact) mass is 517 g/mol. The minimum atomic E-state index is -4.56. The number of nitrogens with one attached hydrogen (secondary N) is 3. The maximum atomic E-state index is 14.0. The highest BCUT2D eigenvalue weighted by Gasteiger charge is 2.47. The van der Waals surface area contributed by atoms with E-state index in [1.54, 1.807) is 30.3 Å². The number of rotatable bonds is 4. The predicted octanol–water partition coefficient (Wildman–Crippen LogP) is 5.34. The number of carbonyl (C=O) groups excluding carboxylic acids is 1. The van der Waals surface area contributed by atoms with Crippen LogP contribution in [0.1, 0.15) is 40.3 Å². The molecule has 12 heteroatoms. The minimum Gasteiger partial charge on any atom is -0.454 e. The summed E-state index contributed by atoms with van der Waals surface area (Å²) in [6, 6.07) is 11.0. The van der Waals surface area contributed by atoms with Gasteiger partial charge in [-0.05, 0) is 42.0 Å². The van der Waals surface area contributed by atoms with Crippen LogP contribution in [0.15, 0.2) is 48.5 Å². The number of aromatic amines is 1. The van der Waals surface area contributed by atoms with Gasteiger partial charge in [0.25, 0.3) is 5.91 Å². The number of H-pyrrole nitrogens is 1. The molecule has 36 heavy (non-hydrogen) atoms. The average Bonchev–Trinajstić information content (AvgIpc) is 3.57. The number of alkyl halides is 3. The molecule has 8 nitrogen and oxygen atoms in total. The van der Waals surface area contributed by atoms with Crippen molar-refractivity contribution < 1.29 is 27.4 Å². The second-order valence-corrected chi connectivity index (χ2v) is 9.11. The molecule has 2 aromatic heterocycles. The van der Waals surface area contributed by atoms with Crippen LogP contribution in [0.3, 0.4) is 0 Å². The maximum Gasteiger partial charge on any atom is 0.410 e. The zero-order chi connectivity index (χ0) is 25.0. The van der Waals surface area contributed by atoms with Crippen molar-refractivity contribution >= 4 is 34.2 Å². The van der Waals surface area contributed by atoms with Crippen LogP contribution in [0.5, 0.6) is 11.5 Å². The van der Waals surface area contributed by atoms with E-state index in [1.165, 1.54) is 6.07 Å². The molecule has 4 heterocycles. The molecule has 186 valence electrons. The summed E-state index contributed by atoms with van der Waals surface area (Å²) in [6.07, 6.45) is -4.85. The topological polar surface area (TPSA) is 93.2 Å². The molecule has 0 aliphatic carbocycles. The van der Waals surface area contributed by atoms with Crippen LogP contribution in [-0.4, -0.2) is 33.6 Å². The lowest BCUT2D eigenvalue weighted by Gasteiger charge is -2.33. The van der Waals surface area contributed by atoms with Gasteiger partial charge in [-0.3, -0.25) is 4.79 Å². The molecule has 0 radical (unpaired) electrons. The number of aromatic nitrogens is 3. The molecule has 2 aliphatic rings. The molecule has 0 unspecified atom stereocenters. The SMILES string of the molecule is O=C(NCc1cc2cc(Cl)ccc2[nH]1)c1cc2n(n1)[C@H](C(F)(F)F)C[C@H](c1ccc3c(c1)OCO3)N2. The summed E-state index contributed by atoms with van der Waals surface area (Å²) >= 11 is 6.01. The van der Waals surface area contributed by atoms with Gasteiger partial charge in [-0.15, -0.1) is 0 Å². The van der Waals surface area contributed by atoms with Crippen LogP contribution in [-0.2, 0) is 6.54 Å². The summed E-state index contributed by atoms with van der Waals surface area (Å²) < 4.78 is 53.5. The molecule has 6 rings (SSSR count). The highest BCUT2D eigenvalue weighted by Crippen LogP contribution is 2.45. The molecule has 4 aromatic rings. The van der Waals surface area contributed by atoms with Crippen LogP contribution in [0.4, 0.5) is 19.0 Å². The van der Waals surface area contributed by atoms with Crippen molar-refractivity contribution in [2.24, 2.45) is 0 Å². The Morgan fingerprint density at radius 2 is 1.97 bits per heavy atom. The van der Waals surface area contributed by atoms with Gasteiger partial charge in [0.05, 0.1) is 12.6 Å². The Kier molecular flexibility index (Phi) is 5.25. The van der Waals surface area contributed by atoms with Gasteiger partial charge >= 0.3 is 6.18 Å². The molecule has 0 fully saturated rings. The first-order valence-corrected chi connectivity index (χ1v) is 11.5. The van der Waals surface area contributed by atoms with Crippen molar-refractivity contribution in [1.29, 1.82) is 0 Å².